The van der Waals surface area contributed by atoms with Gasteiger partial charge in [0.2, 0.25) is 0 Å². The maximum atomic E-state index is 14.1. The van der Waals surface area contributed by atoms with Crippen LogP contribution < -0.4 is 4.74 Å². The highest BCUT2D eigenvalue weighted by Crippen LogP contribution is 2.40. The molecule has 0 unspecified atom stereocenters. The van der Waals surface area contributed by atoms with Crippen LogP contribution in [-0.4, -0.2) is 120 Å². The Morgan fingerprint density at radius 2 is 1.07 bits per heavy atom. The van der Waals surface area contributed by atoms with Gasteiger partial charge in [-0.25, -0.2) is 19.2 Å². The van der Waals surface area contributed by atoms with Gasteiger partial charge in [0, 0.05) is 0 Å². The summed E-state index contributed by atoms with van der Waals surface area (Å²) in [6.45, 7) is -1.56. The molecule has 3 aliphatic rings. The van der Waals surface area contributed by atoms with E-state index in [9.17, 15) is 40.8 Å². The molecule has 0 aromatic heterocycles. The number of carbonyl (C=O) groups excluding carboxylic acids is 4. The van der Waals surface area contributed by atoms with E-state index in [1.54, 1.807) is 84.9 Å². The number of benzene rings is 5. The molecule has 2 bridgehead atoms. The largest absolute Gasteiger partial charge is 0.523 e. The smallest absolute Gasteiger partial charge is 0.497 e. The van der Waals surface area contributed by atoms with Crippen molar-refractivity contribution in [1.82, 2.24) is 0 Å². The second-order valence-electron chi connectivity index (χ2n) is 15.8. The zero-order chi connectivity index (χ0) is 49.4. The summed E-state index contributed by atoms with van der Waals surface area (Å²) in [5.74, 6) is -3.44. The van der Waals surface area contributed by atoms with E-state index >= 15 is 0 Å². The van der Waals surface area contributed by atoms with Crippen LogP contribution in [0.3, 0.4) is 0 Å². The fourth-order valence-electron chi connectivity index (χ4n) is 7.70. The van der Waals surface area contributed by atoms with Gasteiger partial charge in [-0.2, -0.15) is 21.6 Å². The van der Waals surface area contributed by atoms with Crippen LogP contribution in [0.25, 0.3) is 0 Å². The predicted octanol–water partition coefficient (Wildman–Crippen LogP) is 6.21. The van der Waals surface area contributed by atoms with Crippen molar-refractivity contribution in [2.45, 2.75) is 73.5 Å². The average Bonchev–Trinajstić information content (AvgIpc) is 3.82. The van der Waals surface area contributed by atoms with Crippen molar-refractivity contribution in [2.24, 2.45) is 0 Å². The van der Waals surface area contributed by atoms with Crippen LogP contribution in [0.4, 0.5) is 13.2 Å². The lowest BCUT2D eigenvalue weighted by Gasteiger charge is -2.47. The van der Waals surface area contributed by atoms with Crippen LogP contribution in [0.15, 0.2) is 146 Å². The maximum Gasteiger partial charge on any atom is 0.523 e. The van der Waals surface area contributed by atoms with Gasteiger partial charge in [0.15, 0.2) is 37.0 Å². The molecule has 0 aliphatic carbocycles. The van der Waals surface area contributed by atoms with Gasteiger partial charge >= 0.3 is 39.5 Å². The van der Waals surface area contributed by atoms with Gasteiger partial charge in [0.05, 0.1) is 42.6 Å². The number of esters is 4. The topological polar surface area (TPSA) is 204 Å². The molecule has 3 heterocycles. The fourth-order valence-corrected chi connectivity index (χ4v) is 8.30. The van der Waals surface area contributed by atoms with Crippen molar-refractivity contribution in [3.05, 3.63) is 173 Å². The first kappa shape index (κ1) is 49.7. The van der Waals surface area contributed by atoms with Crippen molar-refractivity contribution >= 4 is 34.0 Å². The van der Waals surface area contributed by atoms with Crippen molar-refractivity contribution in [3.63, 3.8) is 0 Å². The zero-order valence-corrected chi connectivity index (χ0v) is 37.6. The second-order valence-corrected chi connectivity index (χ2v) is 17.3. The molecule has 0 amide bonds. The number of rotatable bonds is 17. The summed E-state index contributed by atoms with van der Waals surface area (Å²) < 4.78 is 132. The molecule has 0 saturated carbocycles. The Morgan fingerprint density at radius 1 is 0.586 bits per heavy atom. The highest BCUT2D eigenvalue weighted by atomic mass is 32.2. The van der Waals surface area contributed by atoms with Gasteiger partial charge in [0.25, 0.3) is 0 Å². The second kappa shape index (κ2) is 21.9. The molecule has 8 rings (SSSR count). The normalized spacial score (nSPS) is 25.3. The van der Waals surface area contributed by atoms with E-state index in [-0.39, 0.29) is 28.9 Å². The summed E-state index contributed by atoms with van der Waals surface area (Å²) in [5, 5.41) is 0. The lowest BCUT2D eigenvalue weighted by Crippen LogP contribution is -2.65. The maximum absolute atomic E-state index is 14.1. The minimum atomic E-state index is -6.37. The third-order valence-electron chi connectivity index (χ3n) is 11.2. The number of halogens is 3. The molecular weight excluding hydrogens is 950 g/mol. The molecule has 0 spiro atoms. The van der Waals surface area contributed by atoms with Crippen molar-refractivity contribution in [1.29, 1.82) is 0 Å². The number of fused-ring (bicyclic) bond motifs is 2. The van der Waals surface area contributed by atoms with Crippen LogP contribution in [0.1, 0.15) is 47.0 Å². The average molecular weight is 993 g/mol. The van der Waals surface area contributed by atoms with Gasteiger partial charge < -0.3 is 47.4 Å². The number of alkyl halides is 3. The van der Waals surface area contributed by atoms with E-state index in [1.807, 2.05) is 0 Å². The summed E-state index contributed by atoms with van der Waals surface area (Å²) >= 11 is 0. The Bertz CT molecular complexity index is 2680. The molecule has 0 radical (unpaired) electrons. The third-order valence-corrected chi connectivity index (χ3v) is 12.2. The summed E-state index contributed by atoms with van der Waals surface area (Å²) in [6, 6.07) is 36.8. The quantitative estimate of drug-likeness (QED) is 0.0439. The highest BCUT2D eigenvalue weighted by molar-refractivity contribution is 7.87. The van der Waals surface area contributed by atoms with Crippen molar-refractivity contribution in [3.8, 4) is 5.75 Å². The van der Waals surface area contributed by atoms with Gasteiger partial charge in [-0.1, -0.05) is 84.9 Å². The van der Waals surface area contributed by atoms with Gasteiger partial charge in [-0.05, 0) is 66.2 Å². The first-order valence-corrected chi connectivity index (χ1v) is 22.9. The fraction of sp³-hybridized carbons (Fsp3) is 0.306. The third kappa shape index (κ3) is 11.6. The zero-order valence-electron chi connectivity index (χ0n) is 36.7. The summed E-state index contributed by atoms with van der Waals surface area (Å²) in [7, 11) is -4.93. The van der Waals surface area contributed by atoms with Crippen molar-refractivity contribution in [2.75, 3.05) is 20.3 Å². The molecule has 3 saturated heterocycles. The molecule has 368 valence electrons. The Morgan fingerprint density at radius 3 is 1.57 bits per heavy atom. The number of methoxy groups -OCH3 is 1. The lowest BCUT2D eigenvalue weighted by molar-refractivity contribution is -0.337. The van der Waals surface area contributed by atoms with E-state index in [0.717, 1.165) is 0 Å². The number of hydrogen-bond donors (Lipinski definition) is 0. The minimum absolute atomic E-state index is 0.00697. The molecule has 21 heteroatoms. The molecule has 10 atom stereocenters. The molecule has 17 nitrogen and oxygen atoms in total. The van der Waals surface area contributed by atoms with E-state index in [4.69, 9.17) is 51.6 Å². The number of ether oxygens (including phenoxy) is 10. The first-order valence-electron chi connectivity index (χ1n) is 21.5. The monoisotopic (exact) mass is 992 g/mol. The van der Waals surface area contributed by atoms with Gasteiger partial charge in [-0.3, -0.25) is 4.18 Å². The SMILES string of the molecule is COc1ccc(CO[C@@H]2[C@H](OS(=O)(=O)C(F)(F)F)[C@@H]3OC[C@@H](O3)[C@H]2O[C@@H]2O[C@H](COC(=O)c3ccccc3)[C@H](OC(=O)c3ccccc3)[C@H](OC(=O)c3ccccc3)[C@H]2OC(=O)c2ccccc2)cc1. The summed E-state index contributed by atoms with van der Waals surface area (Å²) in [5.41, 5.74) is -5.36. The summed E-state index contributed by atoms with van der Waals surface area (Å²) in [6.07, 6.45) is -18.1. The van der Waals surface area contributed by atoms with E-state index < -0.39 is 114 Å². The van der Waals surface area contributed by atoms with Crippen LogP contribution in [-0.2, 0) is 63.5 Å². The molecule has 3 fully saturated rings. The Labute approximate surface area is 398 Å². The van der Waals surface area contributed by atoms with Crippen LogP contribution >= 0.6 is 0 Å². The lowest BCUT2D eigenvalue weighted by atomic mass is 9.96. The molecule has 5 aromatic carbocycles. The Balaban J connectivity index is 1.23. The number of hydrogen-bond acceptors (Lipinski definition) is 17. The Kier molecular flexibility index (Phi) is 15.6. The van der Waals surface area contributed by atoms with Crippen LogP contribution in [0.5, 0.6) is 5.75 Å². The molecule has 5 aromatic rings. The van der Waals surface area contributed by atoms with E-state index in [1.165, 1.54) is 67.8 Å². The van der Waals surface area contributed by atoms with Crippen molar-refractivity contribution < 1.29 is 92.3 Å². The predicted molar refractivity (Wildman–Crippen MR) is 233 cm³/mol. The highest BCUT2D eigenvalue weighted by Gasteiger charge is 2.61. The first-order chi connectivity index (χ1) is 33.7. The van der Waals surface area contributed by atoms with Gasteiger partial charge in [0.1, 0.15) is 36.8 Å². The standard InChI is InChI=1S/C49H43F3O17S/c1-59-34-24-22-29(23-25-34)26-60-39-37(36-28-62-47(63-36)42(39)69-70(57,58)49(50,51)52)68-48-41(67-46(56)33-20-12-5-13-21-33)40(66-45(55)32-18-10-4-11-19-32)38(65-44(54)31-16-8-3-9-17-31)35(64-48)27-61-43(53)30-14-6-2-7-15-30/h2-25,35-42,47-48H,26-28H2,1H3/t35-,36-,37-,38+,39+,40+,41-,42+,47-,48+/m1/s1. The molecule has 70 heavy (non-hydrogen) atoms. The number of carbonyl (C=O) groups is 4. The van der Waals surface area contributed by atoms with Gasteiger partial charge in [-0.15, -0.1) is 0 Å². The summed E-state index contributed by atoms with van der Waals surface area (Å²) in [4.78, 5) is 55.7. The van der Waals surface area contributed by atoms with Crippen LogP contribution in [0, 0.1) is 0 Å². The molecular formula is C49H43F3O17S. The molecule has 0 N–H and O–H groups in total. The Hall–Kier alpha value is -6.72. The minimum Gasteiger partial charge on any atom is -0.497 e. The molecule has 3 aliphatic heterocycles. The van der Waals surface area contributed by atoms with Crippen LogP contribution in [0.2, 0.25) is 0 Å². The van der Waals surface area contributed by atoms with E-state index in [2.05, 4.69) is 0 Å². The van der Waals surface area contributed by atoms with E-state index in [0.29, 0.717) is 11.3 Å².